The molecule has 0 spiro atoms. The molecule has 1 aromatic rings. The Labute approximate surface area is 128 Å². The van der Waals surface area contributed by atoms with Gasteiger partial charge in [0.05, 0.1) is 0 Å². The smallest absolute Gasteiger partial charge is 0.0499 e. The van der Waals surface area contributed by atoms with Crippen molar-refractivity contribution in [2.45, 2.75) is 52.1 Å². The van der Waals surface area contributed by atoms with Crippen molar-refractivity contribution in [1.29, 1.82) is 0 Å². The Hall–Kier alpha value is -0.570. The quantitative estimate of drug-likeness (QED) is 0.907. The zero-order valence-electron chi connectivity index (χ0n) is 12.9. The second-order valence-corrected chi connectivity index (χ2v) is 6.91. The van der Waals surface area contributed by atoms with Crippen LogP contribution < -0.4 is 5.73 Å². The monoisotopic (exact) mass is 294 g/mol. The van der Waals surface area contributed by atoms with Gasteiger partial charge in [0.25, 0.3) is 0 Å². The Bertz CT molecular complexity index is 445. The third-order valence-corrected chi connectivity index (χ3v) is 4.58. The molecule has 112 valence electrons. The standard InChI is InChI=1S/C17H27ClN2/c1-12(2)11-20-9-5-4-6-16(19)17(20)14-8-7-13(3)15(18)10-14/h7-8,10,12,16-17H,4-6,9,11,19H2,1-3H3. The molecule has 2 atom stereocenters. The first kappa shape index (κ1) is 15.8. The van der Waals surface area contributed by atoms with Gasteiger partial charge in [-0.25, -0.2) is 0 Å². The molecule has 0 aliphatic carbocycles. The van der Waals surface area contributed by atoms with Crippen molar-refractivity contribution in [2.24, 2.45) is 11.7 Å². The summed E-state index contributed by atoms with van der Waals surface area (Å²) < 4.78 is 0. The predicted molar refractivity (Wildman–Crippen MR) is 87.2 cm³/mol. The number of nitrogens with two attached hydrogens (primary N) is 1. The lowest BCUT2D eigenvalue weighted by molar-refractivity contribution is 0.165. The summed E-state index contributed by atoms with van der Waals surface area (Å²) in [5.74, 6) is 0.656. The van der Waals surface area contributed by atoms with E-state index in [-0.39, 0.29) is 6.04 Å². The molecule has 1 saturated heterocycles. The average Bonchev–Trinajstić information content (AvgIpc) is 2.54. The maximum absolute atomic E-state index is 6.48. The third kappa shape index (κ3) is 3.75. The molecule has 1 fully saturated rings. The minimum atomic E-state index is 0.204. The van der Waals surface area contributed by atoms with Crippen molar-refractivity contribution in [3.63, 3.8) is 0 Å². The van der Waals surface area contributed by atoms with E-state index in [0.717, 1.165) is 30.1 Å². The van der Waals surface area contributed by atoms with Crippen LogP contribution in [0.3, 0.4) is 0 Å². The van der Waals surface area contributed by atoms with Crippen LogP contribution in [0.15, 0.2) is 18.2 Å². The van der Waals surface area contributed by atoms with Gasteiger partial charge in [0.2, 0.25) is 0 Å². The van der Waals surface area contributed by atoms with Crippen LogP contribution in [-0.2, 0) is 0 Å². The van der Waals surface area contributed by atoms with Crippen LogP contribution in [0.4, 0.5) is 0 Å². The van der Waals surface area contributed by atoms with Crippen LogP contribution in [0, 0.1) is 12.8 Å². The van der Waals surface area contributed by atoms with E-state index in [4.69, 9.17) is 17.3 Å². The Balaban J connectivity index is 2.31. The van der Waals surface area contributed by atoms with Gasteiger partial charge >= 0.3 is 0 Å². The average molecular weight is 295 g/mol. The highest BCUT2D eigenvalue weighted by molar-refractivity contribution is 6.31. The molecule has 20 heavy (non-hydrogen) atoms. The molecule has 1 aromatic carbocycles. The molecule has 1 heterocycles. The van der Waals surface area contributed by atoms with Gasteiger partial charge in [-0.1, -0.05) is 44.0 Å². The van der Waals surface area contributed by atoms with Gasteiger partial charge < -0.3 is 5.73 Å². The highest BCUT2D eigenvalue weighted by Gasteiger charge is 2.29. The first-order chi connectivity index (χ1) is 9.49. The van der Waals surface area contributed by atoms with Gasteiger partial charge in [0.1, 0.15) is 0 Å². The first-order valence-electron chi connectivity index (χ1n) is 7.74. The summed E-state index contributed by atoms with van der Waals surface area (Å²) in [6, 6.07) is 6.93. The van der Waals surface area contributed by atoms with Crippen LogP contribution in [-0.4, -0.2) is 24.0 Å². The van der Waals surface area contributed by atoms with Gasteiger partial charge in [-0.2, -0.15) is 0 Å². The highest BCUT2D eigenvalue weighted by atomic mass is 35.5. The summed E-state index contributed by atoms with van der Waals surface area (Å²) in [6.07, 6.45) is 3.58. The lowest BCUT2D eigenvalue weighted by atomic mass is 9.95. The molecule has 0 aromatic heterocycles. The molecule has 3 heteroatoms. The minimum absolute atomic E-state index is 0.204. The normalized spacial score (nSPS) is 24.9. The molecule has 2 unspecified atom stereocenters. The fourth-order valence-electron chi connectivity index (χ4n) is 3.19. The Morgan fingerprint density at radius 2 is 2.10 bits per heavy atom. The largest absolute Gasteiger partial charge is 0.326 e. The van der Waals surface area contributed by atoms with Gasteiger partial charge in [-0.05, 0) is 49.4 Å². The molecule has 1 aliphatic rings. The van der Waals surface area contributed by atoms with Crippen molar-refractivity contribution >= 4 is 11.6 Å². The number of aryl methyl sites for hydroxylation is 1. The summed E-state index contributed by atoms with van der Waals surface area (Å²) >= 11 is 6.32. The molecule has 0 radical (unpaired) electrons. The number of benzene rings is 1. The fourth-order valence-corrected chi connectivity index (χ4v) is 3.38. The van der Waals surface area contributed by atoms with Gasteiger partial charge in [0, 0.05) is 23.7 Å². The van der Waals surface area contributed by atoms with Crippen LogP contribution in [0.2, 0.25) is 5.02 Å². The third-order valence-electron chi connectivity index (χ3n) is 4.17. The zero-order chi connectivity index (χ0) is 14.7. The topological polar surface area (TPSA) is 29.3 Å². The highest BCUT2D eigenvalue weighted by Crippen LogP contribution is 2.32. The Morgan fingerprint density at radius 3 is 2.75 bits per heavy atom. The molecule has 0 amide bonds. The van der Waals surface area contributed by atoms with E-state index in [2.05, 4.69) is 36.9 Å². The lowest BCUT2D eigenvalue weighted by Gasteiger charge is -2.35. The Kier molecular flexibility index (Phi) is 5.48. The summed E-state index contributed by atoms with van der Waals surface area (Å²) in [4.78, 5) is 2.56. The van der Waals surface area contributed by atoms with Crippen LogP contribution in [0.1, 0.15) is 50.3 Å². The van der Waals surface area contributed by atoms with Crippen LogP contribution in [0.25, 0.3) is 0 Å². The minimum Gasteiger partial charge on any atom is -0.326 e. The van der Waals surface area contributed by atoms with Crippen molar-refractivity contribution < 1.29 is 0 Å². The molecule has 2 nitrogen and oxygen atoms in total. The number of hydrogen-bond donors (Lipinski definition) is 1. The molecular weight excluding hydrogens is 268 g/mol. The van der Waals surface area contributed by atoms with E-state index >= 15 is 0 Å². The van der Waals surface area contributed by atoms with E-state index in [9.17, 15) is 0 Å². The van der Waals surface area contributed by atoms with Crippen molar-refractivity contribution in [1.82, 2.24) is 4.90 Å². The van der Waals surface area contributed by atoms with E-state index < -0.39 is 0 Å². The molecule has 2 N–H and O–H groups in total. The molecule has 0 bridgehead atoms. The SMILES string of the molecule is Cc1ccc(C2C(N)CCCCN2CC(C)C)cc1Cl. The second kappa shape index (κ2) is 6.93. The van der Waals surface area contributed by atoms with Gasteiger partial charge in [-0.3, -0.25) is 4.90 Å². The van der Waals surface area contributed by atoms with E-state index in [0.29, 0.717) is 12.0 Å². The van der Waals surface area contributed by atoms with Crippen LogP contribution >= 0.6 is 11.6 Å². The van der Waals surface area contributed by atoms with E-state index in [1.54, 1.807) is 0 Å². The summed E-state index contributed by atoms with van der Waals surface area (Å²) in [6.45, 7) is 8.84. The molecule has 2 rings (SSSR count). The number of hydrogen-bond acceptors (Lipinski definition) is 2. The van der Waals surface area contributed by atoms with Gasteiger partial charge in [0.15, 0.2) is 0 Å². The summed E-state index contributed by atoms with van der Waals surface area (Å²) in [5, 5.41) is 0.850. The van der Waals surface area contributed by atoms with Crippen molar-refractivity contribution in [3.8, 4) is 0 Å². The van der Waals surface area contributed by atoms with Gasteiger partial charge in [-0.15, -0.1) is 0 Å². The number of likely N-dealkylation sites (tertiary alicyclic amines) is 1. The number of rotatable bonds is 3. The van der Waals surface area contributed by atoms with Crippen molar-refractivity contribution in [3.05, 3.63) is 34.3 Å². The summed E-state index contributed by atoms with van der Waals surface area (Å²) in [7, 11) is 0. The van der Waals surface area contributed by atoms with Crippen LogP contribution in [0.5, 0.6) is 0 Å². The molecule has 1 aliphatic heterocycles. The van der Waals surface area contributed by atoms with E-state index in [1.165, 1.54) is 18.4 Å². The van der Waals surface area contributed by atoms with E-state index in [1.807, 2.05) is 6.92 Å². The maximum Gasteiger partial charge on any atom is 0.0499 e. The number of nitrogens with zero attached hydrogens (tertiary/aromatic N) is 1. The lowest BCUT2D eigenvalue weighted by Crippen LogP contribution is -2.41. The fraction of sp³-hybridized carbons (Fsp3) is 0.647. The Morgan fingerprint density at radius 1 is 1.35 bits per heavy atom. The molecule has 0 saturated carbocycles. The summed E-state index contributed by atoms with van der Waals surface area (Å²) in [5.41, 5.74) is 8.89. The maximum atomic E-state index is 6.48. The second-order valence-electron chi connectivity index (χ2n) is 6.50. The molecular formula is C17H27ClN2. The van der Waals surface area contributed by atoms with Crippen molar-refractivity contribution in [2.75, 3.05) is 13.1 Å². The predicted octanol–water partition coefficient (Wildman–Crippen LogP) is 4.16. The zero-order valence-corrected chi connectivity index (χ0v) is 13.7. The number of halogens is 1. The first-order valence-corrected chi connectivity index (χ1v) is 8.12.